The van der Waals surface area contributed by atoms with E-state index in [0.717, 1.165) is 12.1 Å². The Hall–Kier alpha value is -1.75. The molecule has 0 radical (unpaired) electrons. The zero-order valence-electron chi connectivity index (χ0n) is 7.58. The lowest BCUT2D eigenvalue weighted by atomic mass is 10.1. The van der Waals surface area contributed by atoms with Crippen molar-refractivity contribution in [1.82, 2.24) is 5.16 Å². The smallest absolute Gasteiger partial charge is 0.167 e. The van der Waals surface area contributed by atoms with Gasteiger partial charge in [-0.15, -0.1) is 0 Å². The van der Waals surface area contributed by atoms with Crippen LogP contribution in [0.1, 0.15) is 5.69 Å². The van der Waals surface area contributed by atoms with Gasteiger partial charge in [0.1, 0.15) is 5.69 Å². The Labute approximate surface area is 83.9 Å². The number of nitrogens with zero attached hydrogens (tertiary/aromatic N) is 1. The summed E-state index contributed by atoms with van der Waals surface area (Å²) >= 11 is 0. The number of halogens is 2. The van der Waals surface area contributed by atoms with Crippen LogP contribution in [-0.4, -0.2) is 10.3 Å². The highest BCUT2D eigenvalue weighted by Gasteiger charge is 2.09. The highest BCUT2D eigenvalue weighted by molar-refractivity contribution is 5.57. The number of hydrogen-bond acceptors (Lipinski definition) is 3. The molecule has 0 saturated heterocycles. The molecule has 0 atom stereocenters. The van der Waals surface area contributed by atoms with Crippen LogP contribution in [-0.2, 0) is 6.61 Å². The van der Waals surface area contributed by atoms with Crippen LogP contribution in [0.15, 0.2) is 28.8 Å². The highest BCUT2D eigenvalue weighted by atomic mass is 19.2. The van der Waals surface area contributed by atoms with Crippen molar-refractivity contribution in [2.75, 3.05) is 0 Å². The number of rotatable bonds is 2. The van der Waals surface area contributed by atoms with Crippen LogP contribution in [0, 0.1) is 11.6 Å². The standard InChI is InChI=1S/C10H7F2NO2/c11-8-2-1-6(3-9(8)12)10-4-7(5-14)13-15-10/h1-4,14H,5H2. The summed E-state index contributed by atoms with van der Waals surface area (Å²) in [5.41, 5.74) is 0.718. The number of aliphatic hydroxyl groups is 1. The predicted octanol–water partition coefficient (Wildman–Crippen LogP) is 2.11. The fourth-order valence-electron chi connectivity index (χ4n) is 1.17. The quantitative estimate of drug-likeness (QED) is 0.827. The minimum atomic E-state index is -0.950. The average molecular weight is 211 g/mol. The zero-order valence-corrected chi connectivity index (χ0v) is 7.58. The molecule has 0 bridgehead atoms. The SMILES string of the molecule is OCc1cc(-c2ccc(F)c(F)c2)on1. The second kappa shape index (κ2) is 3.78. The minimum Gasteiger partial charge on any atom is -0.390 e. The molecule has 0 aliphatic carbocycles. The Morgan fingerprint density at radius 1 is 1.20 bits per heavy atom. The summed E-state index contributed by atoms with van der Waals surface area (Å²) in [7, 11) is 0. The van der Waals surface area contributed by atoms with Crippen molar-refractivity contribution in [2.24, 2.45) is 0 Å². The summed E-state index contributed by atoms with van der Waals surface area (Å²) in [6.07, 6.45) is 0. The first kappa shape index (κ1) is 9.79. The first-order valence-corrected chi connectivity index (χ1v) is 4.22. The van der Waals surface area contributed by atoms with Crippen molar-refractivity contribution in [1.29, 1.82) is 0 Å². The second-order valence-corrected chi connectivity index (χ2v) is 2.97. The topological polar surface area (TPSA) is 46.3 Å². The monoisotopic (exact) mass is 211 g/mol. The number of benzene rings is 1. The van der Waals surface area contributed by atoms with Gasteiger partial charge >= 0.3 is 0 Å². The van der Waals surface area contributed by atoms with Gasteiger partial charge in [0, 0.05) is 11.6 Å². The Bertz CT molecular complexity index is 482. The largest absolute Gasteiger partial charge is 0.390 e. The Kier molecular flexibility index (Phi) is 2.47. The molecule has 1 aromatic carbocycles. The van der Waals surface area contributed by atoms with E-state index >= 15 is 0 Å². The molecular formula is C10H7F2NO2. The van der Waals surface area contributed by atoms with Crippen molar-refractivity contribution in [3.8, 4) is 11.3 Å². The molecule has 1 aromatic heterocycles. The van der Waals surface area contributed by atoms with Crippen LogP contribution in [0.2, 0.25) is 0 Å². The third-order valence-electron chi connectivity index (χ3n) is 1.93. The normalized spacial score (nSPS) is 10.6. The summed E-state index contributed by atoms with van der Waals surface area (Å²) in [6.45, 7) is -0.257. The van der Waals surface area contributed by atoms with Crippen LogP contribution >= 0.6 is 0 Å². The van der Waals surface area contributed by atoms with Crippen LogP contribution < -0.4 is 0 Å². The van der Waals surface area contributed by atoms with Gasteiger partial charge in [-0.3, -0.25) is 0 Å². The van der Waals surface area contributed by atoms with Gasteiger partial charge in [-0.05, 0) is 18.2 Å². The molecule has 0 spiro atoms. The number of aromatic nitrogens is 1. The van der Waals surface area contributed by atoms with E-state index in [2.05, 4.69) is 5.16 Å². The predicted molar refractivity (Wildman–Crippen MR) is 47.8 cm³/mol. The van der Waals surface area contributed by atoms with Crippen LogP contribution in [0.4, 0.5) is 8.78 Å². The molecule has 5 heteroatoms. The van der Waals surface area contributed by atoms with Gasteiger partial charge in [0.05, 0.1) is 6.61 Å². The molecule has 0 aliphatic rings. The van der Waals surface area contributed by atoms with Crippen LogP contribution in [0.25, 0.3) is 11.3 Å². The Morgan fingerprint density at radius 2 is 2.00 bits per heavy atom. The Morgan fingerprint density at radius 3 is 2.60 bits per heavy atom. The molecular weight excluding hydrogens is 204 g/mol. The molecule has 0 saturated carbocycles. The van der Waals surface area contributed by atoms with Gasteiger partial charge in [0.2, 0.25) is 0 Å². The van der Waals surface area contributed by atoms with Gasteiger partial charge in [-0.1, -0.05) is 5.16 Å². The van der Waals surface area contributed by atoms with Gasteiger partial charge in [0.15, 0.2) is 17.4 Å². The first-order chi connectivity index (χ1) is 7.20. The third kappa shape index (κ3) is 1.87. The molecule has 0 amide bonds. The summed E-state index contributed by atoms with van der Waals surface area (Å²) in [4.78, 5) is 0. The molecule has 0 aliphatic heterocycles. The maximum Gasteiger partial charge on any atom is 0.167 e. The van der Waals surface area contributed by atoms with Crippen molar-refractivity contribution in [3.63, 3.8) is 0 Å². The number of aliphatic hydroxyl groups excluding tert-OH is 1. The van der Waals surface area contributed by atoms with Crippen molar-refractivity contribution < 1.29 is 18.4 Å². The van der Waals surface area contributed by atoms with Crippen molar-refractivity contribution >= 4 is 0 Å². The van der Waals surface area contributed by atoms with E-state index in [-0.39, 0.29) is 12.4 Å². The van der Waals surface area contributed by atoms with E-state index in [9.17, 15) is 8.78 Å². The third-order valence-corrected chi connectivity index (χ3v) is 1.93. The lowest BCUT2D eigenvalue weighted by molar-refractivity contribution is 0.267. The van der Waals surface area contributed by atoms with E-state index in [0.29, 0.717) is 11.3 Å². The lowest BCUT2D eigenvalue weighted by Crippen LogP contribution is -1.84. The van der Waals surface area contributed by atoms with E-state index < -0.39 is 11.6 Å². The van der Waals surface area contributed by atoms with Crippen LogP contribution in [0.5, 0.6) is 0 Å². The van der Waals surface area contributed by atoms with E-state index in [1.165, 1.54) is 12.1 Å². The van der Waals surface area contributed by atoms with Gasteiger partial charge < -0.3 is 9.63 Å². The first-order valence-electron chi connectivity index (χ1n) is 4.22. The maximum atomic E-state index is 12.9. The summed E-state index contributed by atoms with van der Waals surface area (Å²) in [5.74, 6) is -1.58. The van der Waals surface area contributed by atoms with Crippen LogP contribution in [0.3, 0.4) is 0 Å². The molecule has 2 rings (SSSR count). The fraction of sp³-hybridized carbons (Fsp3) is 0.100. The maximum absolute atomic E-state index is 12.9. The lowest BCUT2D eigenvalue weighted by Gasteiger charge is -1.96. The molecule has 3 nitrogen and oxygen atoms in total. The summed E-state index contributed by atoms with van der Waals surface area (Å²) < 4.78 is 30.3. The molecule has 78 valence electrons. The van der Waals surface area contributed by atoms with Gasteiger partial charge in [0.25, 0.3) is 0 Å². The molecule has 2 aromatic rings. The van der Waals surface area contributed by atoms with E-state index in [1.54, 1.807) is 0 Å². The second-order valence-electron chi connectivity index (χ2n) is 2.97. The fourth-order valence-corrected chi connectivity index (χ4v) is 1.17. The Balaban J connectivity index is 2.40. The van der Waals surface area contributed by atoms with Crippen molar-refractivity contribution in [2.45, 2.75) is 6.61 Å². The molecule has 0 fully saturated rings. The zero-order chi connectivity index (χ0) is 10.8. The van der Waals surface area contributed by atoms with Crippen molar-refractivity contribution in [3.05, 3.63) is 41.6 Å². The molecule has 1 N–H and O–H groups in total. The summed E-state index contributed by atoms with van der Waals surface area (Å²) in [6, 6.07) is 4.86. The summed E-state index contributed by atoms with van der Waals surface area (Å²) in [5, 5.41) is 12.3. The molecule has 1 heterocycles. The van der Waals surface area contributed by atoms with E-state index in [4.69, 9.17) is 9.63 Å². The molecule has 15 heavy (non-hydrogen) atoms. The number of hydrogen-bond donors (Lipinski definition) is 1. The van der Waals surface area contributed by atoms with E-state index in [1.807, 2.05) is 0 Å². The van der Waals surface area contributed by atoms with Gasteiger partial charge in [-0.2, -0.15) is 0 Å². The molecule has 0 unspecified atom stereocenters. The minimum absolute atomic E-state index is 0.257. The average Bonchev–Trinajstić information content (AvgIpc) is 2.70. The van der Waals surface area contributed by atoms with Gasteiger partial charge in [-0.25, -0.2) is 8.78 Å². The highest BCUT2D eigenvalue weighted by Crippen LogP contribution is 2.22.